The van der Waals surface area contributed by atoms with Crippen molar-refractivity contribution in [2.24, 2.45) is 5.92 Å². The van der Waals surface area contributed by atoms with Crippen LogP contribution in [0.5, 0.6) is 0 Å². The van der Waals surface area contributed by atoms with Crippen molar-refractivity contribution < 1.29 is 9.59 Å². The lowest BCUT2D eigenvalue weighted by atomic mass is 9.92. The van der Waals surface area contributed by atoms with Crippen LogP contribution in [0.25, 0.3) is 0 Å². The Morgan fingerprint density at radius 1 is 1.00 bits per heavy atom. The fraction of sp³-hybridized carbons (Fsp3) is 0.889. The summed E-state index contributed by atoms with van der Waals surface area (Å²) < 4.78 is 0. The molecule has 3 rings (SSSR count). The van der Waals surface area contributed by atoms with E-state index in [4.69, 9.17) is 0 Å². The molecule has 3 aliphatic rings. The Morgan fingerprint density at radius 3 is 2.24 bits per heavy atom. The van der Waals surface area contributed by atoms with Gasteiger partial charge in [0.25, 0.3) is 0 Å². The number of likely N-dealkylation sites (tertiary alicyclic amines) is 1. The molecule has 3 atom stereocenters. The average molecular weight is 373 g/mol. The normalized spacial score (nSPS) is 29.2. The van der Waals surface area contributed by atoms with Crippen molar-refractivity contribution >= 4 is 24.2 Å². The molecule has 3 fully saturated rings. The maximum Gasteiger partial charge on any atom is 0.239 e. The quantitative estimate of drug-likeness (QED) is 0.801. The smallest absolute Gasteiger partial charge is 0.239 e. The van der Waals surface area contributed by atoms with E-state index in [0.29, 0.717) is 11.9 Å². The molecule has 1 N–H and O–H groups in total. The molecule has 2 amide bonds. The summed E-state index contributed by atoms with van der Waals surface area (Å²) in [6, 6.07) is 0.381. The van der Waals surface area contributed by atoms with Gasteiger partial charge >= 0.3 is 0 Å². The van der Waals surface area contributed by atoms with Crippen LogP contribution in [0.3, 0.4) is 0 Å². The second-order valence-electron chi connectivity index (χ2n) is 7.65. The van der Waals surface area contributed by atoms with Crippen molar-refractivity contribution in [3.63, 3.8) is 0 Å². The Morgan fingerprint density at radius 2 is 1.64 bits per heavy atom. The second-order valence-corrected chi connectivity index (χ2v) is 7.65. The van der Waals surface area contributed by atoms with E-state index >= 15 is 0 Å². The van der Waals surface area contributed by atoms with Crippen LogP contribution in [-0.2, 0) is 9.59 Å². The van der Waals surface area contributed by atoms with Gasteiger partial charge < -0.3 is 15.1 Å². The van der Waals surface area contributed by atoms with Gasteiger partial charge in [0.2, 0.25) is 11.8 Å². The SMILES string of the molecule is CC(C(=O)N1CCCC1)N1CCN(C(=O)[C@H]2CCN[C@@H](C)C2)CC1.Cl. The Kier molecular flexibility index (Phi) is 7.52. The molecule has 6 nitrogen and oxygen atoms in total. The molecular formula is C18H33ClN4O2. The standard InChI is InChI=1S/C18H32N4O2.ClH/c1-14-13-16(5-6-19-14)18(24)22-11-9-20(10-12-22)15(2)17(23)21-7-3-4-8-21;/h14-16,19H,3-13H2,1-2H3;1H/t14-,15?,16-;/m0./s1. The number of carbonyl (C=O) groups excluding carboxylic acids is 2. The molecule has 3 saturated heterocycles. The highest BCUT2D eigenvalue weighted by Gasteiger charge is 2.33. The molecule has 0 aromatic rings. The predicted molar refractivity (Wildman–Crippen MR) is 101 cm³/mol. The summed E-state index contributed by atoms with van der Waals surface area (Å²) in [5, 5.41) is 3.41. The van der Waals surface area contributed by atoms with Gasteiger partial charge in [0.1, 0.15) is 0 Å². The zero-order chi connectivity index (χ0) is 17.1. The lowest BCUT2D eigenvalue weighted by Gasteiger charge is -2.40. The van der Waals surface area contributed by atoms with Crippen molar-refractivity contribution in [1.29, 1.82) is 0 Å². The number of amides is 2. The van der Waals surface area contributed by atoms with Crippen LogP contribution in [0.1, 0.15) is 39.5 Å². The highest BCUT2D eigenvalue weighted by Crippen LogP contribution is 2.20. The first-order valence-electron chi connectivity index (χ1n) is 9.61. The van der Waals surface area contributed by atoms with Crippen LogP contribution >= 0.6 is 12.4 Å². The van der Waals surface area contributed by atoms with Crippen LogP contribution in [0, 0.1) is 5.92 Å². The van der Waals surface area contributed by atoms with Gasteiger partial charge in [-0.15, -0.1) is 12.4 Å². The molecule has 0 radical (unpaired) electrons. The third-order valence-corrected chi connectivity index (χ3v) is 5.92. The number of rotatable bonds is 3. The van der Waals surface area contributed by atoms with Crippen LogP contribution in [0.2, 0.25) is 0 Å². The Balaban J connectivity index is 0.00000225. The highest BCUT2D eigenvalue weighted by molar-refractivity contribution is 5.85. The largest absolute Gasteiger partial charge is 0.341 e. The van der Waals surface area contributed by atoms with E-state index in [1.165, 1.54) is 0 Å². The minimum absolute atomic E-state index is 0. The van der Waals surface area contributed by atoms with E-state index in [1.807, 2.05) is 16.7 Å². The Hall–Kier alpha value is -0.850. The first-order valence-corrected chi connectivity index (χ1v) is 9.61. The summed E-state index contributed by atoms with van der Waals surface area (Å²) in [6.45, 7) is 10.1. The molecular weight excluding hydrogens is 340 g/mol. The molecule has 0 aliphatic carbocycles. The molecule has 3 aliphatic heterocycles. The Bertz CT molecular complexity index is 462. The molecule has 1 unspecified atom stereocenters. The van der Waals surface area contributed by atoms with E-state index < -0.39 is 0 Å². The highest BCUT2D eigenvalue weighted by atomic mass is 35.5. The second kappa shape index (κ2) is 9.19. The summed E-state index contributed by atoms with van der Waals surface area (Å²) in [4.78, 5) is 31.5. The summed E-state index contributed by atoms with van der Waals surface area (Å²) in [5.74, 6) is 0.762. The molecule has 0 bridgehead atoms. The average Bonchev–Trinajstić information content (AvgIpc) is 3.14. The van der Waals surface area contributed by atoms with Crippen molar-refractivity contribution in [1.82, 2.24) is 20.0 Å². The first-order chi connectivity index (χ1) is 11.6. The number of hydrogen-bond acceptors (Lipinski definition) is 4. The van der Waals surface area contributed by atoms with E-state index in [-0.39, 0.29) is 30.3 Å². The summed E-state index contributed by atoms with van der Waals surface area (Å²) in [7, 11) is 0. The lowest BCUT2D eigenvalue weighted by molar-refractivity contribution is -0.140. The van der Waals surface area contributed by atoms with E-state index in [2.05, 4.69) is 17.1 Å². The van der Waals surface area contributed by atoms with Gasteiger partial charge in [0.05, 0.1) is 6.04 Å². The first kappa shape index (κ1) is 20.5. The number of nitrogens with zero attached hydrogens (tertiary/aromatic N) is 3. The van der Waals surface area contributed by atoms with Gasteiger partial charge in [0.15, 0.2) is 0 Å². The molecule has 144 valence electrons. The third kappa shape index (κ3) is 4.86. The number of piperazine rings is 1. The topological polar surface area (TPSA) is 55.9 Å². The monoisotopic (exact) mass is 372 g/mol. The maximum atomic E-state index is 12.7. The molecule has 7 heteroatoms. The molecule has 0 spiro atoms. The minimum Gasteiger partial charge on any atom is -0.341 e. The molecule has 0 aromatic heterocycles. The van der Waals surface area contributed by atoms with Crippen molar-refractivity contribution in [3.8, 4) is 0 Å². The molecule has 25 heavy (non-hydrogen) atoms. The van der Waals surface area contributed by atoms with Crippen molar-refractivity contribution in [2.45, 2.75) is 51.6 Å². The molecule has 0 saturated carbocycles. The molecule has 0 aromatic carbocycles. The fourth-order valence-electron chi connectivity index (χ4n) is 4.30. The van der Waals surface area contributed by atoms with Gasteiger partial charge in [0, 0.05) is 51.2 Å². The van der Waals surface area contributed by atoms with Crippen LogP contribution in [0.4, 0.5) is 0 Å². The van der Waals surface area contributed by atoms with Gasteiger partial charge in [-0.25, -0.2) is 0 Å². The summed E-state index contributed by atoms with van der Waals surface area (Å²) in [5.41, 5.74) is 0. The molecule has 3 heterocycles. The van der Waals surface area contributed by atoms with Gasteiger partial charge in [-0.2, -0.15) is 0 Å². The summed E-state index contributed by atoms with van der Waals surface area (Å²) >= 11 is 0. The zero-order valence-electron chi connectivity index (χ0n) is 15.6. The van der Waals surface area contributed by atoms with Gasteiger partial charge in [-0.1, -0.05) is 0 Å². The minimum atomic E-state index is -0.0562. The van der Waals surface area contributed by atoms with E-state index in [9.17, 15) is 9.59 Å². The number of piperidine rings is 1. The summed E-state index contributed by atoms with van der Waals surface area (Å²) in [6.07, 6.45) is 4.17. The van der Waals surface area contributed by atoms with Crippen LogP contribution < -0.4 is 5.32 Å². The van der Waals surface area contributed by atoms with Gasteiger partial charge in [-0.05, 0) is 46.1 Å². The number of hydrogen-bond donors (Lipinski definition) is 1. The number of halogens is 1. The number of nitrogens with one attached hydrogen (secondary N) is 1. The predicted octanol–water partition coefficient (Wildman–Crippen LogP) is 0.951. The maximum absolute atomic E-state index is 12.7. The van der Waals surface area contributed by atoms with Gasteiger partial charge in [-0.3, -0.25) is 14.5 Å². The van der Waals surface area contributed by atoms with E-state index in [0.717, 1.165) is 71.5 Å². The number of carbonyl (C=O) groups is 2. The lowest BCUT2D eigenvalue weighted by Crippen LogP contribution is -2.56. The zero-order valence-corrected chi connectivity index (χ0v) is 16.4. The van der Waals surface area contributed by atoms with Crippen molar-refractivity contribution in [3.05, 3.63) is 0 Å². The van der Waals surface area contributed by atoms with Crippen LogP contribution in [0.15, 0.2) is 0 Å². The Labute approximate surface area is 157 Å². The van der Waals surface area contributed by atoms with Crippen molar-refractivity contribution in [2.75, 3.05) is 45.8 Å². The third-order valence-electron chi connectivity index (χ3n) is 5.92. The van der Waals surface area contributed by atoms with Crippen LogP contribution in [-0.4, -0.2) is 84.4 Å². The fourth-order valence-corrected chi connectivity index (χ4v) is 4.30. The van der Waals surface area contributed by atoms with E-state index in [1.54, 1.807) is 0 Å².